The van der Waals surface area contributed by atoms with E-state index >= 15 is 0 Å². The lowest BCUT2D eigenvalue weighted by Gasteiger charge is -2.10. The molecule has 18 heavy (non-hydrogen) atoms. The normalized spacial score (nSPS) is 10.2. The maximum absolute atomic E-state index is 11.6. The second-order valence-electron chi connectivity index (χ2n) is 3.21. The molecule has 0 spiro atoms. The van der Waals surface area contributed by atoms with E-state index in [0.29, 0.717) is 5.02 Å². The van der Waals surface area contributed by atoms with Gasteiger partial charge in [-0.2, -0.15) is 0 Å². The first-order chi connectivity index (χ1) is 8.32. The van der Waals surface area contributed by atoms with Gasteiger partial charge in [-0.1, -0.05) is 23.2 Å². The fraction of sp³-hybridized carbons (Fsp3) is 0.100. The van der Waals surface area contributed by atoms with Crippen LogP contribution in [0.15, 0.2) is 18.2 Å². The van der Waals surface area contributed by atoms with Gasteiger partial charge in [-0.15, -0.1) is 0 Å². The number of carbonyl (C=O) groups is 3. The number of nitrogens with one attached hydrogen (secondary N) is 1. The highest BCUT2D eigenvalue weighted by Crippen LogP contribution is 2.20. The summed E-state index contributed by atoms with van der Waals surface area (Å²) in [7, 11) is 0. The molecule has 0 saturated heterocycles. The monoisotopic (exact) mass is 291 g/mol. The summed E-state index contributed by atoms with van der Waals surface area (Å²) in [5.41, 5.74) is -0.0615. The predicted molar refractivity (Wildman–Crippen MR) is 63.0 cm³/mol. The van der Waals surface area contributed by atoms with E-state index in [1.807, 2.05) is 5.32 Å². The molecule has 0 bridgehead atoms. The summed E-state index contributed by atoms with van der Waals surface area (Å²) in [6.45, 7) is 0. The Labute approximate surface area is 111 Å². The van der Waals surface area contributed by atoms with Crippen LogP contribution in [0.25, 0.3) is 0 Å². The summed E-state index contributed by atoms with van der Waals surface area (Å²) in [5, 5.41) is 19.3. The zero-order valence-corrected chi connectivity index (χ0v) is 10.2. The summed E-state index contributed by atoms with van der Waals surface area (Å²) in [5.74, 6) is -4.27. The Kier molecular flexibility index (Phi) is 4.52. The van der Waals surface area contributed by atoms with Crippen LogP contribution >= 0.6 is 23.2 Å². The molecule has 0 saturated carbocycles. The molecule has 0 aromatic heterocycles. The summed E-state index contributed by atoms with van der Waals surface area (Å²) in [4.78, 5) is 32.8. The van der Waals surface area contributed by atoms with Gasteiger partial charge >= 0.3 is 11.9 Å². The highest BCUT2D eigenvalue weighted by Gasteiger charge is 2.28. The van der Waals surface area contributed by atoms with Gasteiger partial charge < -0.3 is 15.5 Å². The molecule has 1 aromatic rings. The minimum atomic E-state index is -2.04. The zero-order valence-electron chi connectivity index (χ0n) is 8.68. The molecular formula is C10H7Cl2NO5. The fourth-order valence-electron chi connectivity index (χ4n) is 1.11. The van der Waals surface area contributed by atoms with Gasteiger partial charge in [-0.3, -0.25) is 4.79 Å². The van der Waals surface area contributed by atoms with Crippen molar-refractivity contribution in [1.29, 1.82) is 0 Å². The number of hydrogen-bond donors (Lipinski definition) is 3. The van der Waals surface area contributed by atoms with Crippen LogP contribution < -0.4 is 5.32 Å². The Bertz CT molecular complexity index is 503. The molecule has 0 heterocycles. The number of aliphatic carboxylic acids is 2. The van der Waals surface area contributed by atoms with Crippen molar-refractivity contribution in [3.05, 3.63) is 33.8 Å². The number of carboxylic acids is 2. The van der Waals surface area contributed by atoms with Crippen molar-refractivity contribution in [2.75, 3.05) is 0 Å². The van der Waals surface area contributed by atoms with E-state index in [1.54, 1.807) is 0 Å². The van der Waals surface area contributed by atoms with Crippen molar-refractivity contribution in [2.45, 2.75) is 6.04 Å². The molecule has 1 aromatic carbocycles. The van der Waals surface area contributed by atoms with Crippen molar-refractivity contribution >= 4 is 41.0 Å². The van der Waals surface area contributed by atoms with Gasteiger partial charge in [0.25, 0.3) is 5.91 Å². The van der Waals surface area contributed by atoms with E-state index in [4.69, 9.17) is 33.4 Å². The first-order valence-electron chi connectivity index (χ1n) is 4.54. The Balaban J connectivity index is 2.94. The van der Waals surface area contributed by atoms with Gasteiger partial charge in [-0.05, 0) is 18.2 Å². The number of carbonyl (C=O) groups excluding carboxylic acids is 1. The van der Waals surface area contributed by atoms with Crippen molar-refractivity contribution in [3.8, 4) is 0 Å². The molecule has 1 amide bonds. The average molecular weight is 292 g/mol. The van der Waals surface area contributed by atoms with Gasteiger partial charge in [0.15, 0.2) is 0 Å². The minimum Gasteiger partial charge on any atom is -0.479 e. The lowest BCUT2D eigenvalue weighted by atomic mass is 10.2. The maximum atomic E-state index is 11.6. The van der Waals surface area contributed by atoms with Crippen LogP contribution in [0.5, 0.6) is 0 Å². The first kappa shape index (κ1) is 14.3. The standard InChI is InChI=1S/C10H7Cl2NO5/c11-4-1-2-5(6(12)3-4)8(14)13-7(9(15)16)10(17)18/h1-3,7H,(H,13,14)(H,15,16)(H,17,18). The molecule has 0 unspecified atom stereocenters. The summed E-state index contributed by atoms with van der Waals surface area (Å²) in [6, 6.07) is 1.89. The molecule has 1 rings (SSSR count). The van der Waals surface area contributed by atoms with Crippen LogP contribution in [0, 0.1) is 0 Å². The number of benzene rings is 1. The smallest absolute Gasteiger partial charge is 0.338 e. The summed E-state index contributed by atoms with van der Waals surface area (Å²) in [6.07, 6.45) is 0. The molecule has 0 aliphatic heterocycles. The SMILES string of the molecule is O=C(NC(C(=O)O)C(=O)O)c1ccc(Cl)cc1Cl. The van der Waals surface area contributed by atoms with Gasteiger partial charge in [0.2, 0.25) is 6.04 Å². The van der Waals surface area contributed by atoms with Gasteiger partial charge in [0.05, 0.1) is 10.6 Å². The highest BCUT2D eigenvalue weighted by atomic mass is 35.5. The van der Waals surface area contributed by atoms with E-state index < -0.39 is 23.9 Å². The van der Waals surface area contributed by atoms with Crippen molar-refractivity contribution < 1.29 is 24.6 Å². The predicted octanol–water partition coefficient (Wildman–Crippen LogP) is 1.26. The number of carboxylic acid groups (broad SMARTS) is 2. The van der Waals surface area contributed by atoms with E-state index in [9.17, 15) is 14.4 Å². The maximum Gasteiger partial charge on any atom is 0.338 e. The highest BCUT2D eigenvalue weighted by molar-refractivity contribution is 6.36. The number of halogens is 2. The van der Waals surface area contributed by atoms with Crippen LogP contribution in [0.3, 0.4) is 0 Å². The Morgan fingerprint density at radius 2 is 1.67 bits per heavy atom. The lowest BCUT2D eigenvalue weighted by Crippen LogP contribution is -2.46. The van der Waals surface area contributed by atoms with E-state index in [0.717, 1.165) is 0 Å². The molecule has 0 aliphatic rings. The third-order valence-corrected chi connectivity index (χ3v) is 2.49. The summed E-state index contributed by atoms with van der Waals surface area (Å²) < 4.78 is 0. The molecule has 96 valence electrons. The van der Waals surface area contributed by atoms with E-state index in [2.05, 4.69) is 0 Å². The van der Waals surface area contributed by atoms with E-state index in [-0.39, 0.29) is 10.6 Å². The van der Waals surface area contributed by atoms with Crippen LogP contribution in [0.1, 0.15) is 10.4 Å². The van der Waals surface area contributed by atoms with Gasteiger partial charge in [0, 0.05) is 5.02 Å². The molecule has 8 heteroatoms. The first-order valence-corrected chi connectivity index (χ1v) is 5.30. The number of amides is 1. The van der Waals surface area contributed by atoms with Crippen LogP contribution in [-0.2, 0) is 9.59 Å². The van der Waals surface area contributed by atoms with Crippen LogP contribution in [0.2, 0.25) is 10.0 Å². The Morgan fingerprint density at radius 3 is 2.11 bits per heavy atom. The lowest BCUT2D eigenvalue weighted by molar-refractivity contribution is -0.150. The van der Waals surface area contributed by atoms with Gasteiger partial charge in [0.1, 0.15) is 0 Å². The number of rotatable bonds is 4. The average Bonchev–Trinajstić information content (AvgIpc) is 2.24. The quantitative estimate of drug-likeness (QED) is 0.725. The number of hydrogen-bond acceptors (Lipinski definition) is 3. The fourth-order valence-corrected chi connectivity index (χ4v) is 1.61. The second-order valence-corrected chi connectivity index (χ2v) is 4.05. The van der Waals surface area contributed by atoms with Gasteiger partial charge in [-0.25, -0.2) is 9.59 Å². The topological polar surface area (TPSA) is 104 Å². The molecular weight excluding hydrogens is 285 g/mol. The van der Waals surface area contributed by atoms with Crippen molar-refractivity contribution in [1.82, 2.24) is 5.32 Å². The third kappa shape index (κ3) is 3.35. The zero-order chi connectivity index (χ0) is 13.9. The Hall–Kier alpha value is -1.79. The summed E-state index contributed by atoms with van der Waals surface area (Å²) >= 11 is 11.4. The molecule has 6 nitrogen and oxygen atoms in total. The minimum absolute atomic E-state index is 0.00507. The molecule has 0 fully saturated rings. The third-order valence-electron chi connectivity index (χ3n) is 1.95. The largest absolute Gasteiger partial charge is 0.479 e. The van der Waals surface area contributed by atoms with Crippen LogP contribution in [-0.4, -0.2) is 34.1 Å². The van der Waals surface area contributed by atoms with Crippen LogP contribution in [0.4, 0.5) is 0 Å². The second kappa shape index (κ2) is 5.70. The van der Waals surface area contributed by atoms with Crippen molar-refractivity contribution in [3.63, 3.8) is 0 Å². The van der Waals surface area contributed by atoms with Crippen molar-refractivity contribution in [2.24, 2.45) is 0 Å². The molecule has 0 aliphatic carbocycles. The Morgan fingerprint density at radius 1 is 1.11 bits per heavy atom. The molecule has 3 N–H and O–H groups in total. The molecule has 0 radical (unpaired) electrons. The van der Waals surface area contributed by atoms with E-state index in [1.165, 1.54) is 18.2 Å². The molecule has 0 atom stereocenters.